The van der Waals surface area contributed by atoms with Crippen LogP contribution in [0.2, 0.25) is 0 Å². The first-order chi connectivity index (χ1) is 17.9. The summed E-state index contributed by atoms with van der Waals surface area (Å²) in [6.07, 6.45) is -0.0137. The Morgan fingerprint density at radius 1 is 1.08 bits per heavy atom. The number of rotatable bonds is 5. The first-order valence-electron chi connectivity index (χ1n) is 12.3. The van der Waals surface area contributed by atoms with Gasteiger partial charge in [0.15, 0.2) is 9.84 Å². The highest BCUT2D eigenvalue weighted by atomic mass is 32.2. The van der Waals surface area contributed by atoms with Crippen molar-refractivity contribution in [2.75, 3.05) is 0 Å². The van der Waals surface area contributed by atoms with Crippen LogP contribution in [0.4, 0.5) is 0 Å². The number of nitrogens with two attached hydrogens (primary N) is 1. The highest BCUT2D eigenvalue weighted by Gasteiger charge is 2.69. The van der Waals surface area contributed by atoms with Crippen molar-refractivity contribution in [3.8, 4) is 0 Å². The average molecular weight is 582 g/mol. The fourth-order valence-electron chi connectivity index (χ4n) is 5.86. The van der Waals surface area contributed by atoms with Crippen LogP contribution in [0.1, 0.15) is 45.7 Å². The maximum atomic E-state index is 12.3. The third kappa shape index (κ3) is 4.42. The van der Waals surface area contributed by atoms with Crippen molar-refractivity contribution >= 4 is 51.1 Å². The topological polar surface area (TPSA) is 201 Å². The van der Waals surface area contributed by atoms with Crippen molar-refractivity contribution in [1.82, 2.24) is 10.2 Å². The maximum absolute atomic E-state index is 12.3. The predicted molar refractivity (Wildman–Crippen MR) is 140 cm³/mol. The summed E-state index contributed by atoms with van der Waals surface area (Å²) in [6, 6.07) is 6.38. The van der Waals surface area contributed by atoms with E-state index in [4.69, 9.17) is 10.8 Å². The molecule has 1 aliphatic carbocycles. The molecule has 1 aromatic carbocycles. The van der Waals surface area contributed by atoms with E-state index in [0.29, 0.717) is 5.56 Å². The summed E-state index contributed by atoms with van der Waals surface area (Å²) in [4.78, 5) is 59.8. The zero-order valence-corrected chi connectivity index (χ0v) is 23.4. The van der Waals surface area contributed by atoms with E-state index >= 15 is 0 Å². The van der Waals surface area contributed by atoms with Gasteiger partial charge in [-0.2, -0.15) is 0 Å². The smallest absolute Gasteiger partial charge is 0.327 e. The number of nitrogens with zero attached hydrogens (tertiary/aromatic N) is 1. The van der Waals surface area contributed by atoms with Gasteiger partial charge in [-0.3, -0.25) is 19.2 Å². The molecule has 4 aliphatic rings. The number of amides is 2. The Morgan fingerprint density at radius 2 is 1.67 bits per heavy atom. The van der Waals surface area contributed by atoms with Crippen LogP contribution < -0.4 is 11.1 Å². The van der Waals surface area contributed by atoms with Crippen LogP contribution in [0.5, 0.6) is 0 Å². The number of carbonyl (C=O) groups is 5. The lowest BCUT2D eigenvalue weighted by atomic mass is 9.70. The molecule has 212 valence electrons. The standard InChI is InChI=1S/C16H19N3O4S.C9H12O5S/c1-16(2)11(15(22)23)19-13(21)10(14(19)24-16)18-12(20)9(17)8-6-4-3-5-7-8;1-9(2)7(8(11)12)6-4(10)3-5(6)15(9,13)14/h3-7,9-11,14H,17H2,1-2H3,(H,18,20)(H,22,23);5-7H,3H2,1-2H3,(H,11,12). The van der Waals surface area contributed by atoms with Crippen LogP contribution in [0, 0.1) is 11.8 Å². The summed E-state index contributed by atoms with van der Waals surface area (Å²) in [6.45, 7) is 6.37. The number of benzene rings is 1. The second-order valence-corrected chi connectivity index (χ2v) is 15.7. The van der Waals surface area contributed by atoms with Crippen molar-refractivity contribution in [2.24, 2.45) is 17.6 Å². The Kier molecular flexibility index (Phi) is 7.14. The number of β-lactam (4-membered cyclic amide) rings is 1. The van der Waals surface area contributed by atoms with E-state index in [-0.39, 0.29) is 23.5 Å². The van der Waals surface area contributed by atoms with Gasteiger partial charge in [0.2, 0.25) is 11.8 Å². The van der Waals surface area contributed by atoms with Gasteiger partial charge in [-0.15, -0.1) is 11.8 Å². The number of carboxylic acids is 2. The molecule has 1 saturated carbocycles. The summed E-state index contributed by atoms with van der Waals surface area (Å²) < 4.78 is 21.9. The third-order valence-corrected chi connectivity index (χ3v) is 12.6. The lowest BCUT2D eigenvalue weighted by Crippen LogP contribution is -2.71. The Hall–Kier alpha value is -2.97. The third-order valence-electron chi connectivity index (χ3n) is 8.09. The number of aliphatic carboxylic acids is 2. The molecule has 0 spiro atoms. The number of fused-ring (bicyclic) bond motifs is 2. The van der Waals surface area contributed by atoms with Crippen LogP contribution in [0.25, 0.3) is 0 Å². The number of hydrogen-bond donors (Lipinski definition) is 4. The molecule has 12 nitrogen and oxygen atoms in total. The van der Waals surface area contributed by atoms with Gasteiger partial charge in [-0.1, -0.05) is 30.3 Å². The number of hydrogen-bond acceptors (Lipinski definition) is 9. The Morgan fingerprint density at radius 3 is 2.15 bits per heavy atom. The lowest BCUT2D eigenvalue weighted by molar-refractivity contribution is -0.161. The molecular weight excluding hydrogens is 550 g/mol. The van der Waals surface area contributed by atoms with E-state index in [2.05, 4.69) is 5.32 Å². The number of carboxylic acid groups (broad SMARTS) is 2. The van der Waals surface area contributed by atoms with Gasteiger partial charge in [-0.05, 0) is 33.3 Å². The Labute approximate surface area is 229 Å². The van der Waals surface area contributed by atoms with Crippen molar-refractivity contribution in [3.63, 3.8) is 0 Å². The minimum absolute atomic E-state index is 0.0137. The monoisotopic (exact) mass is 581 g/mol. The zero-order chi connectivity index (χ0) is 29.2. The van der Waals surface area contributed by atoms with Gasteiger partial charge < -0.3 is 26.2 Å². The van der Waals surface area contributed by atoms with E-state index in [1.807, 2.05) is 6.07 Å². The maximum Gasteiger partial charge on any atom is 0.327 e. The van der Waals surface area contributed by atoms with Crippen molar-refractivity contribution in [1.29, 1.82) is 0 Å². The van der Waals surface area contributed by atoms with Gasteiger partial charge in [-0.25, -0.2) is 13.2 Å². The number of nitrogens with one attached hydrogen (secondary N) is 1. The second kappa shape index (κ2) is 9.59. The van der Waals surface area contributed by atoms with Crippen LogP contribution in [0.3, 0.4) is 0 Å². The molecule has 1 aromatic rings. The fourth-order valence-corrected chi connectivity index (χ4v) is 9.95. The minimum atomic E-state index is -3.49. The summed E-state index contributed by atoms with van der Waals surface area (Å²) in [5, 5.41) is 19.9. The zero-order valence-electron chi connectivity index (χ0n) is 21.7. The molecule has 5 rings (SSSR count). The molecule has 39 heavy (non-hydrogen) atoms. The molecule has 4 fully saturated rings. The molecule has 0 aromatic heterocycles. The number of Topliss-reactive ketones (excluding diaryl/α,β-unsaturated/α-hetero) is 1. The number of sulfone groups is 1. The summed E-state index contributed by atoms with van der Waals surface area (Å²) in [5.74, 6) is -5.19. The highest BCUT2D eigenvalue weighted by Crippen LogP contribution is 2.53. The molecule has 5 N–H and O–H groups in total. The summed E-state index contributed by atoms with van der Waals surface area (Å²) in [5.41, 5.74) is 6.59. The SMILES string of the molecule is CC1(C)C(C(=O)O)C2C(=O)CC2S1(=O)=O.CC1(C)SC2C(NC(=O)C(N)c3ccccc3)C(=O)N2C1C(=O)O. The molecule has 7 unspecified atom stereocenters. The highest BCUT2D eigenvalue weighted by molar-refractivity contribution is 8.01. The normalized spacial score (nSPS) is 33.3. The molecule has 3 saturated heterocycles. The van der Waals surface area contributed by atoms with Crippen LogP contribution >= 0.6 is 11.8 Å². The van der Waals surface area contributed by atoms with E-state index in [0.717, 1.165) is 0 Å². The van der Waals surface area contributed by atoms with Crippen LogP contribution in [-0.2, 0) is 33.8 Å². The van der Waals surface area contributed by atoms with E-state index in [9.17, 15) is 37.5 Å². The first kappa shape index (κ1) is 29.0. The number of carbonyl (C=O) groups excluding carboxylic acids is 3. The fraction of sp³-hybridized carbons (Fsp3) is 0.560. The average Bonchev–Trinajstić information content (AvgIpc) is 3.18. The molecule has 7 atom stereocenters. The minimum Gasteiger partial charge on any atom is -0.481 e. The van der Waals surface area contributed by atoms with Gasteiger partial charge in [0.1, 0.15) is 29.3 Å². The largest absolute Gasteiger partial charge is 0.481 e. The molecule has 2 amide bonds. The van der Waals surface area contributed by atoms with E-state index in [1.54, 1.807) is 38.1 Å². The molecule has 0 radical (unpaired) electrons. The molecule has 14 heteroatoms. The molecular formula is C25H31N3O9S2. The van der Waals surface area contributed by atoms with Crippen molar-refractivity contribution in [3.05, 3.63) is 35.9 Å². The Balaban J connectivity index is 0.000000202. The van der Waals surface area contributed by atoms with Crippen LogP contribution in [-0.4, -0.2) is 85.3 Å². The van der Waals surface area contributed by atoms with Crippen LogP contribution in [0.15, 0.2) is 30.3 Å². The quantitative estimate of drug-likeness (QED) is 0.345. The van der Waals surface area contributed by atoms with Crippen molar-refractivity contribution < 1.29 is 42.6 Å². The number of thioether (sulfide) groups is 1. The van der Waals surface area contributed by atoms with E-state index in [1.165, 1.54) is 30.5 Å². The lowest BCUT2D eigenvalue weighted by Gasteiger charge is -2.43. The molecule has 3 heterocycles. The Bertz CT molecular complexity index is 1350. The van der Waals surface area contributed by atoms with Gasteiger partial charge in [0, 0.05) is 17.1 Å². The summed E-state index contributed by atoms with van der Waals surface area (Å²) >= 11 is 1.38. The second-order valence-electron chi connectivity index (χ2n) is 11.2. The van der Waals surface area contributed by atoms with Gasteiger partial charge >= 0.3 is 11.9 Å². The molecule has 3 aliphatic heterocycles. The predicted octanol–water partition coefficient (Wildman–Crippen LogP) is 0.170. The van der Waals surface area contributed by atoms with Gasteiger partial charge in [0.25, 0.3) is 0 Å². The first-order valence-corrected chi connectivity index (χ1v) is 14.7. The van der Waals surface area contributed by atoms with E-state index < -0.39 is 72.4 Å². The number of ketones is 1. The molecule has 0 bridgehead atoms. The van der Waals surface area contributed by atoms with Gasteiger partial charge in [0.05, 0.1) is 15.9 Å². The summed E-state index contributed by atoms with van der Waals surface area (Å²) in [7, 11) is -3.49. The van der Waals surface area contributed by atoms with Crippen molar-refractivity contribution in [2.45, 2.75) is 72.4 Å².